The van der Waals surface area contributed by atoms with E-state index in [1.54, 1.807) is 12.1 Å². The average Bonchev–Trinajstić information content (AvgIpc) is 2.39. The van der Waals surface area contributed by atoms with Gasteiger partial charge in [0.25, 0.3) is 0 Å². The van der Waals surface area contributed by atoms with Gasteiger partial charge in [-0.1, -0.05) is 19.1 Å². The van der Waals surface area contributed by atoms with Crippen molar-refractivity contribution in [1.29, 1.82) is 0 Å². The first-order valence-electron chi connectivity index (χ1n) is 6.24. The van der Waals surface area contributed by atoms with E-state index in [9.17, 15) is 9.18 Å². The molecule has 0 amide bonds. The van der Waals surface area contributed by atoms with Crippen molar-refractivity contribution in [1.82, 2.24) is 0 Å². The van der Waals surface area contributed by atoms with Gasteiger partial charge >= 0.3 is 0 Å². The molecule has 1 aromatic rings. The van der Waals surface area contributed by atoms with Crippen LogP contribution < -0.4 is 4.90 Å². The van der Waals surface area contributed by atoms with Crippen LogP contribution in [-0.4, -0.2) is 18.9 Å². The highest BCUT2D eigenvalue weighted by atomic mass is 19.1. The molecular weight excluding hydrogens is 217 g/mol. The van der Waals surface area contributed by atoms with Crippen LogP contribution >= 0.6 is 0 Å². The van der Waals surface area contributed by atoms with Crippen molar-refractivity contribution in [2.45, 2.75) is 26.2 Å². The van der Waals surface area contributed by atoms with Crippen LogP contribution in [0.1, 0.15) is 26.2 Å². The summed E-state index contributed by atoms with van der Waals surface area (Å²) in [5, 5.41) is 0. The normalized spacial score (nSPS) is 17.2. The molecule has 0 bridgehead atoms. The SMILES string of the molecule is CCC(=O)C1CCN(c2ccccc2F)CC1. The third-order valence-corrected chi connectivity index (χ3v) is 3.49. The van der Waals surface area contributed by atoms with Crippen molar-refractivity contribution in [3.05, 3.63) is 30.1 Å². The van der Waals surface area contributed by atoms with Crippen molar-refractivity contribution in [2.75, 3.05) is 18.0 Å². The second-order valence-electron chi connectivity index (χ2n) is 4.53. The van der Waals surface area contributed by atoms with E-state index in [-0.39, 0.29) is 11.7 Å². The number of anilines is 1. The number of benzene rings is 1. The minimum absolute atomic E-state index is 0.173. The Morgan fingerprint density at radius 3 is 2.59 bits per heavy atom. The van der Waals surface area contributed by atoms with Gasteiger partial charge in [0.15, 0.2) is 0 Å². The summed E-state index contributed by atoms with van der Waals surface area (Å²) >= 11 is 0. The molecule has 1 heterocycles. The van der Waals surface area contributed by atoms with Crippen LogP contribution in [0.25, 0.3) is 0 Å². The Balaban J connectivity index is 2.00. The van der Waals surface area contributed by atoms with Gasteiger partial charge in [-0.05, 0) is 25.0 Å². The predicted octanol–water partition coefficient (Wildman–Crippen LogP) is 3.02. The van der Waals surface area contributed by atoms with Gasteiger partial charge in [-0.3, -0.25) is 4.79 Å². The number of carbonyl (C=O) groups excluding carboxylic acids is 1. The first kappa shape index (κ1) is 12.1. The molecule has 0 aliphatic carbocycles. The molecule has 1 aliphatic heterocycles. The van der Waals surface area contributed by atoms with Crippen molar-refractivity contribution in [2.24, 2.45) is 5.92 Å². The van der Waals surface area contributed by atoms with E-state index in [1.165, 1.54) is 6.07 Å². The molecule has 2 rings (SSSR count). The minimum Gasteiger partial charge on any atom is -0.369 e. The lowest BCUT2D eigenvalue weighted by Crippen LogP contribution is -2.36. The monoisotopic (exact) mass is 235 g/mol. The average molecular weight is 235 g/mol. The molecule has 1 saturated heterocycles. The van der Waals surface area contributed by atoms with Gasteiger partial charge in [0.1, 0.15) is 11.6 Å². The van der Waals surface area contributed by atoms with E-state index in [4.69, 9.17) is 0 Å². The summed E-state index contributed by atoms with van der Waals surface area (Å²) < 4.78 is 13.6. The van der Waals surface area contributed by atoms with Crippen LogP contribution in [0.3, 0.4) is 0 Å². The Kier molecular flexibility index (Phi) is 3.77. The summed E-state index contributed by atoms with van der Waals surface area (Å²) in [6, 6.07) is 6.84. The van der Waals surface area contributed by atoms with Crippen LogP contribution in [0.15, 0.2) is 24.3 Å². The molecule has 0 atom stereocenters. The summed E-state index contributed by atoms with van der Waals surface area (Å²) in [4.78, 5) is 13.6. The number of Topliss-reactive ketones (excluding diaryl/α,β-unsaturated/α-hetero) is 1. The van der Waals surface area contributed by atoms with E-state index in [0.29, 0.717) is 17.9 Å². The van der Waals surface area contributed by atoms with Crippen LogP contribution in [-0.2, 0) is 4.79 Å². The van der Waals surface area contributed by atoms with Crippen molar-refractivity contribution in [3.63, 3.8) is 0 Å². The molecule has 92 valence electrons. The molecule has 1 aliphatic rings. The van der Waals surface area contributed by atoms with Gasteiger partial charge in [-0.25, -0.2) is 4.39 Å². The molecule has 0 radical (unpaired) electrons. The summed E-state index contributed by atoms with van der Waals surface area (Å²) in [6.45, 7) is 3.46. The topological polar surface area (TPSA) is 20.3 Å². The standard InChI is InChI=1S/C14H18FNO/c1-2-14(17)11-7-9-16(10-8-11)13-6-4-3-5-12(13)15/h3-6,11H,2,7-10H2,1H3. The number of hydrogen-bond donors (Lipinski definition) is 0. The van der Waals surface area contributed by atoms with E-state index < -0.39 is 0 Å². The molecule has 0 unspecified atom stereocenters. The third kappa shape index (κ3) is 2.65. The first-order chi connectivity index (χ1) is 8.22. The third-order valence-electron chi connectivity index (χ3n) is 3.49. The lowest BCUT2D eigenvalue weighted by Gasteiger charge is -2.33. The highest BCUT2D eigenvalue weighted by molar-refractivity contribution is 5.81. The fourth-order valence-electron chi connectivity index (χ4n) is 2.44. The first-order valence-corrected chi connectivity index (χ1v) is 6.24. The fraction of sp³-hybridized carbons (Fsp3) is 0.500. The molecule has 3 heteroatoms. The Hall–Kier alpha value is -1.38. The maximum atomic E-state index is 13.6. The maximum absolute atomic E-state index is 13.6. The van der Waals surface area contributed by atoms with Gasteiger partial charge in [0.2, 0.25) is 0 Å². The summed E-state index contributed by atoms with van der Waals surface area (Å²) in [7, 11) is 0. The van der Waals surface area contributed by atoms with Crippen LogP contribution in [0.4, 0.5) is 10.1 Å². The van der Waals surface area contributed by atoms with E-state index >= 15 is 0 Å². The molecule has 17 heavy (non-hydrogen) atoms. The number of para-hydroxylation sites is 1. The van der Waals surface area contributed by atoms with E-state index in [2.05, 4.69) is 0 Å². The highest BCUT2D eigenvalue weighted by Crippen LogP contribution is 2.26. The van der Waals surface area contributed by atoms with Crippen molar-refractivity contribution < 1.29 is 9.18 Å². The summed E-state index contributed by atoms with van der Waals surface area (Å²) in [5.74, 6) is 0.356. The maximum Gasteiger partial charge on any atom is 0.146 e. The molecule has 2 nitrogen and oxygen atoms in total. The second kappa shape index (κ2) is 5.30. The number of piperidine rings is 1. The molecule has 0 aromatic heterocycles. The summed E-state index contributed by atoms with van der Waals surface area (Å²) in [6.07, 6.45) is 2.31. The van der Waals surface area contributed by atoms with Crippen LogP contribution in [0.5, 0.6) is 0 Å². The molecule has 1 aromatic carbocycles. The van der Waals surface area contributed by atoms with E-state index in [1.807, 2.05) is 17.9 Å². The number of rotatable bonds is 3. The zero-order valence-corrected chi connectivity index (χ0v) is 10.2. The summed E-state index contributed by atoms with van der Waals surface area (Å²) in [5.41, 5.74) is 0.662. The lowest BCUT2D eigenvalue weighted by atomic mass is 9.91. The zero-order valence-electron chi connectivity index (χ0n) is 10.2. The Bertz CT molecular complexity index is 397. The number of halogens is 1. The van der Waals surface area contributed by atoms with Crippen molar-refractivity contribution >= 4 is 11.5 Å². The van der Waals surface area contributed by atoms with Crippen LogP contribution in [0, 0.1) is 11.7 Å². The Morgan fingerprint density at radius 2 is 2.00 bits per heavy atom. The minimum atomic E-state index is -0.173. The van der Waals surface area contributed by atoms with Gasteiger partial charge in [-0.15, -0.1) is 0 Å². The van der Waals surface area contributed by atoms with Gasteiger partial charge in [-0.2, -0.15) is 0 Å². The number of carbonyl (C=O) groups is 1. The quantitative estimate of drug-likeness (QED) is 0.802. The predicted molar refractivity (Wildman–Crippen MR) is 66.6 cm³/mol. The smallest absolute Gasteiger partial charge is 0.146 e. The Labute approximate surface area is 101 Å². The second-order valence-corrected chi connectivity index (χ2v) is 4.53. The highest BCUT2D eigenvalue weighted by Gasteiger charge is 2.24. The van der Waals surface area contributed by atoms with E-state index in [0.717, 1.165) is 25.9 Å². The molecule has 0 saturated carbocycles. The number of nitrogens with zero attached hydrogens (tertiary/aromatic N) is 1. The fourth-order valence-corrected chi connectivity index (χ4v) is 2.44. The van der Waals surface area contributed by atoms with Crippen molar-refractivity contribution in [3.8, 4) is 0 Å². The molecule has 0 spiro atoms. The number of hydrogen-bond acceptors (Lipinski definition) is 2. The van der Waals surface area contributed by atoms with Gasteiger partial charge in [0.05, 0.1) is 5.69 Å². The van der Waals surface area contributed by atoms with Gasteiger partial charge in [0, 0.05) is 25.4 Å². The largest absolute Gasteiger partial charge is 0.369 e. The Morgan fingerprint density at radius 1 is 1.35 bits per heavy atom. The van der Waals surface area contributed by atoms with Gasteiger partial charge < -0.3 is 4.90 Å². The van der Waals surface area contributed by atoms with Crippen LogP contribution in [0.2, 0.25) is 0 Å². The lowest BCUT2D eigenvalue weighted by molar-refractivity contribution is -0.123. The number of ketones is 1. The molecule has 1 fully saturated rings. The molecular formula is C14H18FNO. The molecule has 0 N–H and O–H groups in total. The zero-order chi connectivity index (χ0) is 12.3.